The molecule has 1 aromatic rings. The Morgan fingerprint density at radius 1 is 1.39 bits per heavy atom. The maximum Gasteiger partial charge on any atom is 0.191 e. The number of halogens is 1. The summed E-state index contributed by atoms with van der Waals surface area (Å²) in [5, 5.41) is 10.7. The maximum absolute atomic E-state index is 11.2. The van der Waals surface area contributed by atoms with Crippen molar-refractivity contribution in [2.75, 3.05) is 25.1 Å². The molecule has 2 N–H and O–H groups in total. The average molecular weight is 473 g/mol. The number of nitrogens with one attached hydrogen (secondary N) is 2. The molecule has 1 rings (SSSR count). The number of aliphatic imine (C=N–C) groups is 1. The maximum atomic E-state index is 11.2. The number of thiophene rings is 1. The lowest BCUT2D eigenvalue weighted by Crippen LogP contribution is -2.43. The highest BCUT2D eigenvalue weighted by Gasteiger charge is 2.10. The monoisotopic (exact) mass is 473 g/mol. The number of hydrogen-bond acceptors (Lipinski definition) is 4. The number of hydrogen-bond donors (Lipinski definition) is 2. The van der Waals surface area contributed by atoms with Gasteiger partial charge in [-0.3, -0.25) is 4.99 Å². The highest BCUT2D eigenvalue weighted by atomic mass is 127. The summed E-state index contributed by atoms with van der Waals surface area (Å²) in [7, 11) is -2.92. The Morgan fingerprint density at radius 3 is 2.61 bits per heavy atom. The van der Waals surface area contributed by atoms with E-state index in [0.717, 1.165) is 12.5 Å². The van der Waals surface area contributed by atoms with Crippen molar-refractivity contribution in [2.45, 2.75) is 39.2 Å². The molecule has 0 radical (unpaired) electrons. The van der Waals surface area contributed by atoms with Crippen LogP contribution in [-0.4, -0.2) is 45.5 Å². The molecule has 0 aromatic carbocycles. The van der Waals surface area contributed by atoms with Crippen LogP contribution in [-0.2, 0) is 9.84 Å². The van der Waals surface area contributed by atoms with Gasteiger partial charge in [-0.15, -0.1) is 24.0 Å². The van der Waals surface area contributed by atoms with Crippen LogP contribution in [0.15, 0.2) is 21.8 Å². The van der Waals surface area contributed by atoms with Gasteiger partial charge in [-0.2, -0.15) is 11.3 Å². The van der Waals surface area contributed by atoms with Gasteiger partial charge in [0.2, 0.25) is 0 Å². The Hall–Kier alpha value is -0.350. The van der Waals surface area contributed by atoms with Gasteiger partial charge in [-0.25, -0.2) is 8.42 Å². The fourth-order valence-corrected chi connectivity index (χ4v) is 3.47. The first-order valence-corrected chi connectivity index (χ1v) is 10.6. The molecule has 0 aliphatic rings. The molecule has 0 bridgehead atoms. The minimum atomic E-state index is -2.92. The van der Waals surface area contributed by atoms with E-state index in [0.29, 0.717) is 18.9 Å². The number of nitrogens with zero attached hydrogens (tertiary/aromatic N) is 1. The van der Waals surface area contributed by atoms with Crippen molar-refractivity contribution in [1.29, 1.82) is 0 Å². The molecule has 23 heavy (non-hydrogen) atoms. The van der Waals surface area contributed by atoms with Gasteiger partial charge in [0.1, 0.15) is 9.84 Å². The van der Waals surface area contributed by atoms with E-state index >= 15 is 0 Å². The van der Waals surface area contributed by atoms with E-state index < -0.39 is 9.84 Å². The zero-order valence-corrected chi connectivity index (χ0v) is 18.2. The summed E-state index contributed by atoms with van der Waals surface area (Å²) in [6.45, 7) is 7.62. The first-order valence-electron chi connectivity index (χ1n) is 7.56. The Kier molecular flexibility index (Phi) is 11.1. The van der Waals surface area contributed by atoms with Crippen molar-refractivity contribution in [2.24, 2.45) is 4.99 Å². The van der Waals surface area contributed by atoms with Gasteiger partial charge in [-0.05, 0) is 42.7 Å². The van der Waals surface area contributed by atoms with Gasteiger partial charge in [0, 0.05) is 31.3 Å². The topological polar surface area (TPSA) is 70.6 Å². The molecular weight excluding hydrogens is 445 g/mol. The van der Waals surface area contributed by atoms with Crippen LogP contribution in [0.1, 0.15) is 38.7 Å². The molecule has 0 aliphatic carbocycles. The lowest BCUT2D eigenvalue weighted by molar-refractivity contribution is 0.581. The van der Waals surface area contributed by atoms with Crippen LogP contribution in [0.3, 0.4) is 0 Å². The smallest absolute Gasteiger partial charge is 0.191 e. The van der Waals surface area contributed by atoms with Crippen LogP contribution in [0.4, 0.5) is 0 Å². The van der Waals surface area contributed by atoms with Gasteiger partial charge in [0.05, 0.1) is 5.75 Å². The second-order valence-corrected chi connectivity index (χ2v) is 8.68. The van der Waals surface area contributed by atoms with Gasteiger partial charge < -0.3 is 10.6 Å². The largest absolute Gasteiger partial charge is 0.357 e. The second kappa shape index (κ2) is 11.2. The molecule has 134 valence electrons. The lowest BCUT2D eigenvalue weighted by atomic mass is 10.1. The first-order chi connectivity index (χ1) is 10.3. The Balaban J connectivity index is 0.00000484. The number of sulfone groups is 1. The Morgan fingerprint density at radius 2 is 2.09 bits per heavy atom. The van der Waals surface area contributed by atoms with Crippen molar-refractivity contribution < 1.29 is 8.42 Å². The van der Waals surface area contributed by atoms with E-state index in [1.54, 1.807) is 11.3 Å². The van der Waals surface area contributed by atoms with Crippen molar-refractivity contribution in [1.82, 2.24) is 10.6 Å². The van der Waals surface area contributed by atoms with Crippen molar-refractivity contribution in [3.05, 3.63) is 22.4 Å². The van der Waals surface area contributed by atoms with Gasteiger partial charge in [-0.1, -0.05) is 6.92 Å². The van der Waals surface area contributed by atoms with Crippen LogP contribution in [0.5, 0.6) is 0 Å². The fourth-order valence-electron chi connectivity index (χ4n) is 1.91. The minimum Gasteiger partial charge on any atom is -0.357 e. The van der Waals surface area contributed by atoms with Crippen LogP contribution in [0.2, 0.25) is 0 Å². The van der Waals surface area contributed by atoms with E-state index in [1.807, 2.05) is 13.8 Å². The average Bonchev–Trinajstić information content (AvgIpc) is 2.96. The molecule has 0 amide bonds. The first kappa shape index (κ1) is 22.6. The molecule has 1 heterocycles. The SMILES string of the molecule is CCNC(=NCC(C)c1ccsc1)NC(C)CCS(C)(=O)=O.I. The molecule has 0 saturated heterocycles. The van der Waals surface area contributed by atoms with Crippen molar-refractivity contribution >= 4 is 51.1 Å². The highest BCUT2D eigenvalue weighted by Crippen LogP contribution is 2.18. The summed E-state index contributed by atoms with van der Waals surface area (Å²) in [5.74, 6) is 1.30. The Bertz CT molecular complexity index is 559. The molecule has 2 atom stereocenters. The predicted octanol–water partition coefficient (Wildman–Crippen LogP) is 2.85. The minimum absolute atomic E-state index is 0. The van der Waals surface area contributed by atoms with E-state index in [1.165, 1.54) is 11.8 Å². The summed E-state index contributed by atoms with van der Waals surface area (Å²) in [6, 6.07) is 2.18. The molecular formula is C15H28IN3O2S2. The zero-order chi connectivity index (χ0) is 16.6. The molecule has 0 aliphatic heterocycles. The third-order valence-corrected chi connectivity index (χ3v) is 4.96. The lowest BCUT2D eigenvalue weighted by Gasteiger charge is -2.18. The van der Waals surface area contributed by atoms with Gasteiger partial charge in [0.15, 0.2) is 5.96 Å². The summed E-state index contributed by atoms with van der Waals surface area (Å²) >= 11 is 1.70. The summed E-state index contributed by atoms with van der Waals surface area (Å²) in [4.78, 5) is 4.60. The van der Waals surface area contributed by atoms with E-state index in [4.69, 9.17) is 0 Å². The molecule has 0 fully saturated rings. The van der Waals surface area contributed by atoms with E-state index in [9.17, 15) is 8.42 Å². The Labute approximate surface area is 161 Å². The standard InChI is InChI=1S/C15H27N3O2S2.HI/c1-5-16-15(18-13(3)7-9-22(4,19)20)17-10-12(2)14-6-8-21-11-14;/h6,8,11-13H,5,7,9-10H2,1-4H3,(H2,16,17,18);1H. The summed E-state index contributed by atoms with van der Waals surface area (Å²) < 4.78 is 22.4. The van der Waals surface area contributed by atoms with Crippen LogP contribution >= 0.6 is 35.3 Å². The second-order valence-electron chi connectivity index (χ2n) is 5.64. The molecule has 8 heteroatoms. The summed E-state index contributed by atoms with van der Waals surface area (Å²) in [6.07, 6.45) is 1.84. The third-order valence-electron chi connectivity index (χ3n) is 3.28. The van der Waals surface area contributed by atoms with Gasteiger partial charge in [0.25, 0.3) is 0 Å². The van der Waals surface area contributed by atoms with Gasteiger partial charge >= 0.3 is 0 Å². The number of rotatable bonds is 8. The highest BCUT2D eigenvalue weighted by molar-refractivity contribution is 14.0. The summed E-state index contributed by atoms with van der Waals surface area (Å²) in [5.41, 5.74) is 1.30. The van der Waals surface area contributed by atoms with Crippen molar-refractivity contribution in [3.63, 3.8) is 0 Å². The molecule has 0 spiro atoms. The van der Waals surface area contributed by atoms with Crippen LogP contribution < -0.4 is 10.6 Å². The van der Waals surface area contributed by atoms with Crippen molar-refractivity contribution in [3.8, 4) is 0 Å². The molecule has 2 unspecified atom stereocenters. The fraction of sp³-hybridized carbons (Fsp3) is 0.667. The normalized spacial score (nSPS) is 14.7. The molecule has 5 nitrogen and oxygen atoms in total. The molecule has 0 saturated carbocycles. The zero-order valence-electron chi connectivity index (χ0n) is 14.2. The van der Waals surface area contributed by atoms with Crippen LogP contribution in [0, 0.1) is 0 Å². The predicted molar refractivity (Wildman–Crippen MR) is 111 cm³/mol. The number of guanidine groups is 1. The molecule has 1 aromatic heterocycles. The van der Waals surface area contributed by atoms with E-state index in [2.05, 4.69) is 39.4 Å². The van der Waals surface area contributed by atoms with Crippen LogP contribution in [0.25, 0.3) is 0 Å². The quantitative estimate of drug-likeness (QED) is 0.346. The van der Waals surface area contributed by atoms with E-state index in [-0.39, 0.29) is 35.8 Å². The third kappa shape index (κ3) is 10.2.